The highest BCUT2D eigenvalue weighted by Crippen LogP contribution is 2.65. The Balaban J connectivity index is 2.34. The first-order chi connectivity index (χ1) is 5.70. The molecule has 56 valence electrons. The predicted octanol–water partition coefficient (Wildman–Crippen LogP) is -2.22. The lowest BCUT2D eigenvalue weighted by Crippen LogP contribution is -2.35. The van der Waals surface area contributed by atoms with Crippen LogP contribution in [-0.2, 0) is 9.59 Å². The van der Waals surface area contributed by atoms with Gasteiger partial charge < -0.3 is 0 Å². The Morgan fingerprint density at radius 3 is 2.42 bits per heavy atom. The smallest absolute Gasteiger partial charge is 0.195 e. The second kappa shape index (κ2) is 0.975. The summed E-state index contributed by atoms with van der Waals surface area (Å²) in [4.78, 5) is 33.4. The molecule has 3 aliphatic carbocycles. The van der Waals surface area contributed by atoms with Gasteiger partial charge in [0.1, 0.15) is 5.41 Å². The van der Waals surface area contributed by atoms with Crippen molar-refractivity contribution in [3.8, 4) is 0 Å². The zero-order valence-corrected chi connectivity index (χ0v) is 5.93. The minimum Gasteiger partial charge on any atom is -0.297 e. The molecule has 1 spiro atoms. The molecule has 0 radical (unpaired) electrons. The molecule has 1 atom stereocenters. The molecule has 2 fully saturated rings. The minimum atomic E-state index is -0.821. The summed E-state index contributed by atoms with van der Waals surface area (Å²) in [6.07, 6.45) is 0.333. The van der Waals surface area contributed by atoms with E-state index in [1.54, 1.807) is 0 Å². The first kappa shape index (κ1) is 5.19. The topological polar surface area (TPSA) is 51.2 Å². The fourth-order valence-electron chi connectivity index (χ4n) is 2.57. The first-order valence-electron chi connectivity index (χ1n) is 3.82. The summed E-state index contributed by atoms with van der Waals surface area (Å²) in [6, 6.07) is 0. The monoisotopic (exact) mass is 158 g/mol. The summed E-state index contributed by atoms with van der Waals surface area (Å²) in [5.74, 6) is -0.101. The van der Waals surface area contributed by atoms with Crippen LogP contribution < -0.4 is 15.9 Å². The third kappa shape index (κ3) is 0.220. The molecule has 3 aliphatic rings. The van der Waals surface area contributed by atoms with E-state index in [2.05, 4.69) is 0 Å². The standard InChI is InChI=1S/C9H2O3/c10-3-1-2-4-5(7(4)11)6-8(12)9(2,3)6/h1H2. The molecule has 0 aliphatic heterocycles. The SMILES string of the molecule is O=C1CC2=c3c(=O)c3=C3C(=O)C123. The summed E-state index contributed by atoms with van der Waals surface area (Å²) >= 11 is 0. The molecule has 4 rings (SSSR count). The molecule has 0 bridgehead atoms. The Kier molecular flexibility index (Phi) is 0.422. The van der Waals surface area contributed by atoms with Gasteiger partial charge in [0.15, 0.2) is 17.0 Å². The van der Waals surface area contributed by atoms with Gasteiger partial charge in [-0.2, -0.15) is 0 Å². The molecule has 0 saturated heterocycles. The fourth-order valence-corrected chi connectivity index (χ4v) is 2.57. The third-order valence-corrected chi connectivity index (χ3v) is 3.28. The van der Waals surface area contributed by atoms with Crippen molar-refractivity contribution in [2.45, 2.75) is 6.42 Å². The van der Waals surface area contributed by atoms with Gasteiger partial charge >= 0.3 is 0 Å². The fraction of sp³-hybridized carbons (Fsp3) is 0.222. The number of carbonyl (C=O) groups is 2. The third-order valence-electron chi connectivity index (χ3n) is 3.28. The Bertz CT molecular complexity index is 637. The van der Waals surface area contributed by atoms with Gasteiger partial charge in [0, 0.05) is 22.4 Å². The van der Waals surface area contributed by atoms with Crippen LogP contribution in [0, 0.1) is 5.41 Å². The molecular weight excluding hydrogens is 156 g/mol. The molecule has 1 unspecified atom stereocenters. The first-order valence-corrected chi connectivity index (χ1v) is 3.82. The van der Waals surface area contributed by atoms with Gasteiger partial charge in [-0.3, -0.25) is 14.4 Å². The van der Waals surface area contributed by atoms with E-state index in [1.165, 1.54) is 0 Å². The Hall–Kier alpha value is -1.51. The zero-order valence-electron chi connectivity index (χ0n) is 5.93. The van der Waals surface area contributed by atoms with Crippen molar-refractivity contribution < 1.29 is 9.59 Å². The van der Waals surface area contributed by atoms with E-state index in [9.17, 15) is 14.4 Å². The molecule has 1 aromatic rings. The molecule has 0 N–H and O–H groups in total. The van der Waals surface area contributed by atoms with Crippen LogP contribution in [-0.4, -0.2) is 11.6 Å². The van der Waals surface area contributed by atoms with E-state index in [1.807, 2.05) is 0 Å². The van der Waals surface area contributed by atoms with Gasteiger partial charge in [0.05, 0.1) is 0 Å². The lowest BCUT2D eigenvalue weighted by Gasteiger charge is -2.23. The van der Waals surface area contributed by atoms with E-state index in [0.29, 0.717) is 22.4 Å². The van der Waals surface area contributed by atoms with Crippen molar-refractivity contribution in [1.82, 2.24) is 0 Å². The molecule has 3 heteroatoms. The highest BCUT2D eigenvalue weighted by molar-refractivity contribution is 6.61. The van der Waals surface area contributed by atoms with Crippen LogP contribution in [0.3, 0.4) is 0 Å². The van der Waals surface area contributed by atoms with Crippen molar-refractivity contribution >= 4 is 22.7 Å². The molecule has 1 aromatic carbocycles. The maximum Gasteiger partial charge on any atom is 0.195 e. The number of fused-ring (bicyclic) bond motifs is 1. The Morgan fingerprint density at radius 2 is 1.83 bits per heavy atom. The number of hydrogen-bond donors (Lipinski definition) is 0. The number of ketones is 2. The second-order valence-electron chi connectivity index (χ2n) is 3.61. The number of rotatable bonds is 0. The molecule has 0 aromatic heterocycles. The van der Waals surface area contributed by atoms with Crippen molar-refractivity contribution in [2.24, 2.45) is 5.41 Å². The number of Topliss-reactive ketones (excluding diaryl/α,β-unsaturated/α-hetero) is 2. The van der Waals surface area contributed by atoms with Crippen molar-refractivity contribution in [3.05, 3.63) is 20.7 Å². The molecular formula is C9H2O3. The summed E-state index contributed by atoms with van der Waals surface area (Å²) in [5, 5.41) is 1.30. The maximum absolute atomic E-state index is 11.2. The van der Waals surface area contributed by atoms with E-state index in [4.69, 9.17) is 0 Å². The van der Waals surface area contributed by atoms with Crippen LogP contribution in [0.25, 0.3) is 11.1 Å². The van der Waals surface area contributed by atoms with E-state index < -0.39 is 5.41 Å². The lowest BCUT2D eigenvalue weighted by atomic mass is 9.74. The summed E-state index contributed by atoms with van der Waals surface area (Å²) in [7, 11) is 0. The second-order valence-corrected chi connectivity index (χ2v) is 3.61. The summed E-state index contributed by atoms with van der Waals surface area (Å²) < 4.78 is 0. The average Bonchev–Trinajstić information content (AvgIpc) is 2.78. The van der Waals surface area contributed by atoms with Crippen LogP contribution in [0.2, 0.25) is 0 Å². The molecule has 0 heterocycles. The van der Waals surface area contributed by atoms with Crippen LogP contribution in [0.4, 0.5) is 0 Å². The van der Waals surface area contributed by atoms with E-state index in [-0.39, 0.29) is 17.0 Å². The number of hydrogen-bond acceptors (Lipinski definition) is 3. The Morgan fingerprint density at radius 1 is 1.08 bits per heavy atom. The van der Waals surface area contributed by atoms with Gasteiger partial charge in [-0.25, -0.2) is 0 Å². The molecule has 12 heavy (non-hydrogen) atoms. The average molecular weight is 158 g/mol. The zero-order chi connectivity index (χ0) is 8.25. The normalized spacial score (nSPS) is 35.0. The number of carbonyl (C=O) groups excluding carboxylic acids is 2. The minimum absolute atomic E-state index is 0.00231. The van der Waals surface area contributed by atoms with Crippen molar-refractivity contribution in [1.29, 1.82) is 0 Å². The summed E-state index contributed by atoms with van der Waals surface area (Å²) in [5.41, 5.74) is 0.522. The lowest BCUT2D eigenvalue weighted by molar-refractivity contribution is -0.127. The molecule has 0 amide bonds. The van der Waals surface area contributed by atoms with Gasteiger partial charge in [-0.05, 0) is 5.57 Å². The highest BCUT2D eigenvalue weighted by atomic mass is 16.2. The van der Waals surface area contributed by atoms with Crippen LogP contribution in [0.5, 0.6) is 0 Å². The van der Waals surface area contributed by atoms with Crippen molar-refractivity contribution in [2.75, 3.05) is 0 Å². The van der Waals surface area contributed by atoms with Gasteiger partial charge in [-0.15, -0.1) is 0 Å². The maximum atomic E-state index is 11.2. The van der Waals surface area contributed by atoms with Crippen LogP contribution in [0.15, 0.2) is 4.79 Å². The van der Waals surface area contributed by atoms with E-state index in [0.717, 1.165) is 5.57 Å². The molecule has 3 nitrogen and oxygen atoms in total. The van der Waals surface area contributed by atoms with Crippen molar-refractivity contribution in [3.63, 3.8) is 0 Å². The quantitative estimate of drug-likeness (QED) is 0.402. The van der Waals surface area contributed by atoms with Gasteiger partial charge in [0.25, 0.3) is 0 Å². The van der Waals surface area contributed by atoms with E-state index >= 15 is 0 Å². The largest absolute Gasteiger partial charge is 0.297 e. The predicted molar refractivity (Wildman–Crippen MR) is 38.2 cm³/mol. The summed E-state index contributed by atoms with van der Waals surface area (Å²) in [6.45, 7) is 0. The Labute approximate surface area is 65.7 Å². The van der Waals surface area contributed by atoms with Crippen LogP contribution in [0.1, 0.15) is 6.42 Å². The highest BCUT2D eigenvalue weighted by Gasteiger charge is 2.77. The molecule has 2 saturated carbocycles. The van der Waals surface area contributed by atoms with Crippen LogP contribution >= 0.6 is 0 Å². The van der Waals surface area contributed by atoms with Gasteiger partial charge in [0.2, 0.25) is 0 Å². The van der Waals surface area contributed by atoms with Gasteiger partial charge in [-0.1, -0.05) is 0 Å².